The van der Waals surface area contributed by atoms with Crippen LogP contribution in [0, 0.1) is 0 Å². The van der Waals surface area contributed by atoms with E-state index in [1.54, 1.807) is 6.08 Å². The minimum Gasteiger partial charge on any atom is -0.466 e. The number of hydrogen-bond donors (Lipinski definition) is 3. The molecule has 0 aliphatic rings. The number of carbonyl (C=O) groups is 2. The smallest absolute Gasteiger partial charge is 0.305 e. The highest BCUT2D eigenvalue weighted by molar-refractivity contribution is 5.76. The highest BCUT2D eigenvalue weighted by Crippen LogP contribution is 2.18. The fourth-order valence-electron chi connectivity index (χ4n) is 10.8. The number of rotatable bonds is 65. The van der Waals surface area contributed by atoms with Gasteiger partial charge in [0, 0.05) is 12.8 Å². The molecule has 0 bridgehead atoms. The number of aliphatic hydroxyl groups excluding tert-OH is 2. The Morgan fingerprint density at radius 1 is 0.364 bits per heavy atom. The number of amides is 1. The van der Waals surface area contributed by atoms with Crippen LogP contribution in [0.15, 0.2) is 36.5 Å². The van der Waals surface area contributed by atoms with E-state index in [1.165, 1.54) is 302 Å². The van der Waals surface area contributed by atoms with Gasteiger partial charge in [-0.05, 0) is 64.2 Å². The number of nitrogens with one attached hydrogen (secondary N) is 1. The van der Waals surface area contributed by atoms with E-state index in [4.69, 9.17) is 4.74 Å². The van der Waals surface area contributed by atoms with Crippen molar-refractivity contribution in [1.29, 1.82) is 0 Å². The van der Waals surface area contributed by atoms with Crippen molar-refractivity contribution in [3.05, 3.63) is 36.5 Å². The molecule has 2 atom stereocenters. The predicted molar refractivity (Wildman–Crippen MR) is 338 cm³/mol. The summed E-state index contributed by atoms with van der Waals surface area (Å²) in [6.45, 7) is 4.90. The summed E-state index contributed by atoms with van der Waals surface area (Å²) in [5, 5.41) is 23.3. The van der Waals surface area contributed by atoms with E-state index in [9.17, 15) is 19.8 Å². The fraction of sp³-hybridized carbons (Fsp3) is 0.887. The van der Waals surface area contributed by atoms with Gasteiger partial charge in [-0.1, -0.05) is 339 Å². The van der Waals surface area contributed by atoms with Crippen molar-refractivity contribution in [2.45, 2.75) is 392 Å². The third-order valence-electron chi connectivity index (χ3n) is 16.2. The van der Waals surface area contributed by atoms with Crippen molar-refractivity contribution in [3.8, 4) is 0 Å². The molecular formula is C71H135NO5. The third kappa shape index (κ3) is 63.1. The maximum Gasteiger partial charge on any atom is 0.305 e. The fourth-order valence-corrected chi connectivity index (χ4v) is 10.8. The lowest BCUT2D eigenvalue weighted by atomic mass is 10.0. The van der Waals surface area contributed by atoms with E-state index in [2.05, 4.69) is 43.5 Å². The van der Waals surface area contributed by atoms with Crippen LogP contribution in [0.4, 0.5) is 0 Å². The van der Waals surface area contributed by atoms with Crippen LogP contribution >= 0.6 is 0 Å². The number of esters is 1. The SMILES string of the molecule is CCCCC/C=C\C/C=C\CCCCCCCCCCCC(=O)OCCCCCCCCCCCCCCCCCCCCC(=O)NC(CO)C(O)/C=C/CCCCCCCCCCCCCCCCCCCCCCC. The Hall–Kier alpha value is -1.92. The van der Waals surface area contributed by atoms with Crippen molar-refractivity contribution < 1.29 is 24.5 Å². The maximum absolute atomic E-state index is 12.5. The molecule has 0 aromatic rings. The van der Waals surface area contributed by atoms with Gasteiger partial charge in [-0.25, -0.2) is 0 Å². The highest BCUT2D eigenvalue weighted by atomic mass is 16.5. The van der Waals surface area contributed by atoms with Crippen LogP contribution in [0.3, 0.4) is 0 Å². The molecular weight excluding hydrogens is 947 g/mol. The Kier molecular flexibility index (Phi) is 64.9. The molecule has 0 heterocycles. The van der Waals surface area contributed by atoms with Crippen molar-refractivity contribution >= 4 is 11.9 Å². The Morgan fingerprint density at radius 3 is 1.01 bits per heavy atom. The Balaban J connectivity index is 3.43. The van der Waals surface area contributed by atoms with Gasteiger partial charge in [-0.15, -0.1) is 0 Å². The zero-order valence-corrected chi connectivity index (χ0v) is 52.0. The molecule has 77 heavy (non-hydrogen) atoms. The van der Waals surface area contributed by atoms with E-state index >= 15 is 0 Å². The number of ether oxygens (including phenoxy) is 1. The van der Waals surface area contributed by atoms with Gasteiger partial charge in [0.25, 0.3) is 0 Å². The van der Waals surface area contributed by atoms with Gasteiger partial charge in [-0.3, -0.25) is 9.59 Å². The molecule has 454 valence electrons. The van der Waals surface area contributed by atoms with Crippen LogP contribution in [-0.4, -0.2) is 47.4 Å². The van der Waals surface area contributed by atoms with Crippen molar-refractivity contribution in [3.63, 3.8) is 0 Å². The Bertz CT molecular complexity index is 1250. The molecule has 0 aliphatic heterocycles. The molecule has 2 unspecified atom stereocenters. The quantitative estimate of drug-likeness (QED) is 0.0320. The second-order valence-corrected chi connectivity index (χ2v) is 23.9. The molecule has 3 N–H and O–H groups in total. The van der Waals surface area contributed by atoms with Gasteiger partial charge < -0.3 is 20.3 Å². The van der Waals surface area contributed by atoms with Crippen LogP contribution < -0.4 is 5.32 Å². The minimum absolute atomic E-state index is 0.00349. The van der Waals surface area contributed by atoms with Crippen LogP contribution in [0.1, 0.15) is 380 Å². The van der Waals surface area contributed by atoms with Crippen molar-refractivity contribution in [1.82, 2.24) is 5.32 Å². The molecule has 0 rings (SSSR count). The monoisotopic (exact) mass is 1080 g/mol. The first-order valence-electron chi connectivity index (χ1n) is 34.8. The molecule has 0 fully saturated rings. The molecule has 6 heteroatoms. The molecule has 1 amide bonds. The topological polar surface area (TPSA) is 95.9 Å². The minimum atomic E-state index is -0.849. The van der Waals surface area contributed by atoms with E-state index in [-0.39, 0.29) is 18.5 Å². The lowest BCUT2D eigenvalue weighted by molar-refractivity contribution is -0.143. The molecule has 0 aromatic heterocycles. The average molecular weight is 1080 g/mol. The summed E-state index contributed by atoms with van der Waals surface area (Å²) in [6.07, 6.45) is 84.9. The van der Waals surface area contributed by atoms with Crippen molar-refractivity contribution in [2.75, 3.05) is 13.2 Å². The molecule has 0 saturated heterocycles. The largest absolute Gasteiger partial charge is 0.466 e. The van der Waals surface area contributed by atoms with Gasteiger partial charge in [0.1, 0.15) is 0 Å². The zero-order chi connectivity index (χ0) is 55.7. The van der Waals surface area contributed by atoms with Crippen LogP contribution in [0.5, 0.6) is 0 Å². The summed E-state index contributed by atoms with van der Waals surface area (Å²) in [7, 11) is 0. The first-order valence-corrected chi connectivity index (χ1v) is 34.8. The highest BCUT2D eigenvalue weighted by Gasteiger charge is 2.18. The number of aliphatic hydroxyl groups is 2. The second kappa shape index (κ2) is 66.6. The summed E-state index contributed by atoms with van der Waals surface area (Å²) < 4.78 is 5.50. The standard InChI is InChI=1S/C71H135NO5/c1-3-5-7-9-11-13-15-17-19-21-23-24-25-26-28-31-35-39-43-47-51-55-59-63-69(74)68(67-73)72-70(75)64-60-56-52-48-44-40-36-32-29-30-34-38-42-46-50-54-58-62-66-77-71(76)65-61-57-53-49-45-41-37-33-27-22-20-18-16-14-12-10-8-6-4-2/h12,14,18,20,59,63,68-69,73-74H,3-11,13,15-17,19,21-58,60-62,64-67H2,1-2H3,(H,72,75)/b14-12-,20-18-,63-59+. The van der Waals surface area contributed by atoms with E-state index < -0.39 is 12.1 Å². The molecule has 0 aromatic carbocycles. The summed E-state index contributed by atoms with van der Waals surface area (Å²) in [5.41, 5.74) is 0. The number of allylic oxidation sites excluding steroid dienone is 5. The zero-order valence-electron chi connectivity index (χ0n) is 52.0. The van der Waals surface area contributed by atoms with E-state index in [0.717, 1.165) is 51.4 Å². The van der Waals surface area contributed by atoms with Gasteiger partial charge in [0.2, 0.25) is 5.91 Å². The van der Waals surface area contributed by atoms with Gasteiger partial charge in [-0.2, -0.15) is 0 Å². The normalized spacial score (nSPS) is 12.7. The second-order valence-electron chi connectivity index (χ2n) is 23.9. The van der Waals surface area contributed by atoms with E-state index in [0.29, 0.717) is 19.4 Å². The average Bonchev–Trinajstić information content (AvgIpc) is 3.43. The Morgan fingerprint density at radius 2 is 0.649 bits per heavy atom. The van der Waals surface area contributed by atoms with E-state index in [1.807, 2.05) is 6.08 Å². The summed E-state index contributed by atoms with van der Waals surface area (Å²) >= 11 is 0. The number of unbranched alkanes of at least 4 members (excludes halogenated alkanes) is 50. The number of hydrogen-bond acceptors (Lipinski definition) is 5. The third-order valence-corrected chi connectivity index (χ3v) is 16.2. The van der Waals surface area contributed by atoms with Gasteiger partial charge >= 0.3 is 5.97 Å². The summed E-state index contributed by atoms with van der Waals surface area (Å²) in [6, 6.07) is -0.633. The van der Waals surface area contributed by atoms with Gasteiger partial charge in [0.15, 0.2) is 0 Å². The molecule has 0 radical (unpaired) electrons. The lowest BCUT2D eigenvalue weighted by Crippen LogP contribution is -2.45. The molecule has 0 saturated carbocycles. The molecule has 6 nitrogen and oxygen atoms in total. The van der Waals surface area contributed by atoms with Crippen LogP contribution in [-0.2, 0) is 14.3 Å². The summed E-state index contributed by atoms with van der Waals surface area (Å²) in [5.74, 6) is -0.0648. The van der Waals surface area contributed by atoms with Crippen LogP contribution in [0.25, 0.3) is 0 Å². The Labute approximate surface area is 481 Å². The van der Waals surface area contributed by atoms with Crippen molar-refractivity contribution in [2.24, 2.45) is 0 Å². The summed E-state index contributed by atoms with van der Waals surface area (Å²) in [4.78, 5) is 24.6. The predicted octanol–water partition coefficient (Wildman–Crippen LogP) is 22.3. The van der Waals surface area contributed by atoms with Gasteiger partial charge in [0.05, 0.1) is 25.4 Å². The maximum atomic E-state index is 12.5. The molecule has 0 spiro atoms. The molecule has 0 aliphatic carbocycles. The first kappa shape index (κ1) is 75.1. The first-order chi connectivity index (χ1) is 38.0. The number of carbonyl (C=O) groups excluding carboxylic acids is 2. The van der Waals surface area contributed by atoms with Crippen LogP contribution in [0.2, 0.25) is 0 Å². The lowest BCUT2D eigenvalue weighted by Gasteiger charge is -2.20.